The largest absolute Gasteiger partial charge is 0.477 e. The number of tetrazole rings is 1. The molecule has 4 N–H and O–H groups in total. The molecule has 0 aliphatic carbocycles. The smallest absolute Gasteiger partial charge is 0.352 e. The molecule has 0 radical (unpaired) electrons. The monoisotopic (exact) mass is 355 g/mol. The van der Waals surface area contributed by atoms with Crippen molar-refractivity contribution < 1.29 is 24.3 Å². The molecule has 2 aliphatic heterocycles. The third-order valence-corrected chi connectivity index (χ3v) is 4.86. The molecule has 0 aromatic carbocycles. The number of amides is 2. The molecule has 2 atom stereocenters. The zero-order valence-electron chi connectivity index (χ0n) is 12.2. The number of carboxylic acids is 1. The summed E-state index contributed by atoms with van der Waals surface area (Å²) in [5.41, 5.74) is 0.276. The number of carbonyl (C=O) groups is 3. The zero-order valence-corrected chi connectivity index (χ0v) is 13.0. The van der Waals surface area contributed by atoms with Crippen LogP contribution in [0, 0.1) is 0 Å². The van der Waals surface area contributed by atoms with Gasteiger partial charge in [0.1, 0.15) is 30.0 Å². The van der Waals surface area contributed by atoms with Crippen LogP contribution >= 0.6 is 11.8 Å². The number of carbonyl (C=O) groups excluding carboxylic acids is 2. The van der Waals surface area contributed by atoms with Crippen molar-refractivity contribution in [3.05, 3.63) is 17.6 Å². The highest BCUT2D eigenvalue weighted by Gasteiger charge is 2.54. The average Bonchev–Trinajstić information content (AvgIpc) is 3.05. The standard InChI is InChI=1S/C11H13N7O5S/c12-23-2-5-3-24-10-7(9(20)18(10)8(5)11(21)22)14-6(19)1-17-4-13-15-16-17/h4,7,10H,1-3,12H2,(H,14,19)(H,21,22)/t7-,10-/m1/s1. The highest BCUT2D eigenvalue weighted by molar-refractivity contribution is 8.00. The highest BCUT2D eigenvalue weighted by Crippen LogP contribution is 2.40. The van der Waals surface area contributed by atoms with Gasteiger partial charge in [-0.05, 0) is 16.0 Å². The van der Waals surface area contributed by atoms with Crippen molar-refractivity contribution in [3.8, 4) is 0 Å². The Morgan fingerprint density at radius 1 is 1.54 bits per heavy atom. The van der Waals surface area contributed by atoms with Crippen molar-refractivity contribution in [1.82, 2.24) is 30.4 Å². The fourth-order valence-electron chi connectivity index (χ4n) is 2.51. The van der Waals surface area contributed by atoms with E-state index < -0.39 is 29.2 Å². The number of nitrogens with one attached hydrogen (secondary N) is 1. The van der Waals surface area contributed by atoms with Gasteiger partial charge in [0.05, 0.1) is 6.61 Å². The molecular weight excluding hydrogens is 342 g/mol. The topological polar surface area (TPSA) is 166 Å². The van der Waals surface area contributed by atoms with Crippen LogP contribution in [0.4, 0.5) is 0 Å². The summed E-state index contributed by atoms with van der Waals surface area (Å²) in [7, 11) is 0. The van der Waals surface area contributed by atoms with E-state index in [1.807, 2.05) is 0 Å². The Balaban J connectivity index is 1.70. The van der Waals surface area contributed by atoms with Gasteiger partial charge in [-0.1, -0.05) is 0 Å². The number of hydrogen-bond donors (Lipinski definition) is 3. The van der Waals surface area contributed by atoms with Gasteiger partial charge in [-0.15, -0.1) is 16.9 Å². The predicted octanol–water partition coefficient (Wildman–Crippen LogP) is -2.70. The molecule has 1 fully saturated rings. The van der Waals surface area contributed by atoms with Crippen molar-refractivity contribution in [2.24, 2.45) is 5.90 Å². The molecule has 1 aromatic heterocycles. The van der Waals surface area contributed by atoms with E-state index in [9.17, 15) is 19.5 Å². The summed E-state index contributed by atoms with van der Waals surface area (Å²) in [4.78, 5) is 41.3. The number of β-lactam (4-membered cyclic amide) rings is 1. The zero-order chi connectivity index (χ0) is 17.3. The van der Waals surface area contributed by atoms with Gasteiger partial charge in [0.15, 0.2) is 0 Å². The van der Waals surface area contributed by atoms with Crippen LogP contribution in [0.5, 0.6) is 0 Å². The molecular formula is C11H13N7O5S. The molecule has 0 unspecified atom stereocenters. The molecule has 0 bridgehead atoms. The number of fused-ring (bicyclic) bond motifs is 1. The van der Waals surface area contributed by atoms with Crippen LogP contribution in [0.15, 0.2) is 17.6 Å². The fraction of sp³-hybridized carbons (Fsp3) is 0.455. The summed E-state index contributed by atoms with van der Waals surface area (Å²) in [5, 5.41) is 21.8. The summed E-state index contributed by atoms with van der Waals surface area (Å²) in [6.07, 6.45) is 1.27. The number of rotatable bonds is 6. The molecule has 128 valence electrons. The van der Waals surface area contributed by atoms with Gasteiger partial charge < -0.3 is 15.3 Å². The van der Waals surface area contributed by atoms with E-state index in [0.717, 1.165) is 4.90 Å². The lowest BCUT2D eigenvalue weighted by Gasteiger charge is -2.49. The van der Waals surface area contributed by atoms with Gasteiger partial charge in [0, 0.05) is 5.75 Å². The summed E-state index contributed by atoms with van der Waals surface area (Å²) in [5.74, 6) is 3.16. The number of carboxylic acid groups (broad SMARTS) is 1. The fourth-order valence-corrected chi connectivity index (χ4v) is 3.84. The van der Waals surface area contributed by atoms with E-state index in [2.05, 4.69) is 25.7 Å². The molecule has 24 heavy (non-hydrogen) atoms. The number of thioether (sulfide) groups is 1. The normalized spacial score (nSPS) is 22.9. The lowest BCUT2D eigenvalue weighted by atomic mass is 10.0. The second kappa shape index (κ2) is 6.54. The maximum absolute atomic E-state index is 12.3. The van der Waals surface area contributed by atoms with E-state index in [-0.39, 0.29) is 18.8 Å². The molecule has 0 spiro atoms. The number of nitrogens with zero attached hydrogens (tertiary/aromatic N) is 5. The molecule has 2 aliphatic rings. The van der Waals surface area contributed by atoms with Crippen molar-refractivity contribution in [2.45, 2.75) is 18.0 Å². The molecule has 1 aromatic rings. The Morgan fingerprint density at radius 2 is 2.33 bits per heavy atom. The second-order valence-electron chi connectivity index (χ2n) is 5.03. The number of nitrogens with two attached hydrogens (primary N) is 1. The third kappa shape index (κ3) is 2.83. The highest BCUT2D eigenvalue weighted by atomic mass is 32.2. The molecule has 12 nitrogen and oxygen atoms in total. The molecule has 3 heterocycles. The Hall–Kier alpha value is -2.51. The van der Waals surface area contributed by atoms with E-state index in [4.69, 9.17) is 5.90 Å². The number of aromatic nitrogens is 4. The van der Waals surface area contributed by atoms with Crippen molar-refractivity contribution in [3.63, 3.8) is 0 Å². The lowest BCUT2D eigenvalue weighted by molar-refractivity contribution is -0.150. The van der Waals surface area contributed by atoms with Gasteiger partial charge in [0.25, 0.3) is 5.91 Å². The van der Waals surface area contributed by atoms with Crippen LogP contribution in [-0.2, 0) is 25.8 Å². The predicted molar refractivity (Wildman–Crippen MR) is 77.6 cm³/mol. The van der Waals surface area contributed by atoms with E-state index in [1.165, 1.54) is 22.8 Å². The summed E-state index contributed by atoms with van der Waals surface area (Å²) < 4.78 is 1.21. The first-order valence-electron chi connectivity index (χ1n) is 6.74. The quantitative estimate of drug-likeness (QED) is 0.361. The Bertz CT molecular complexity index is 706. The van der Waals surface area contributed by atoms with Crippen molar-refractivity contribution >= 4 is 29.5 Å². The van der Waals surface area contributed by atoms with Gasteiger partial charge in [-0.2, -0.15) is 0 Å². The molecule has 2 amide bonds. The number of aliphatic carboxylic acids is 1. The molecule has 3 rings (SSSR count). The average molecular weight is 355 g/mol. The maximum atomic E-state index is 12.3. The number of hydrogen-bond acceptors (Lipinski definition) is 9. The van der Waals surface area contributed by atoms with Crippen molar-refractivity contribution in [1.29, 1.82) is 0 Å². The minimum Gasteiger partial charge on any atom is -0.477 e. The van der Waals surface area contributed by atoms with Crippen LogP contribution in [0.25, 0.3) is 0 Å². The first-order valence-corrected chi connectivity index (χ1v) is 7.79. The van der Waals surface area contributed by atoms with Crippen LogP contribution in [-0.4, -0.2) is 71.8 Å². The first-order chi connectivity index (χ1) is 11.5. The van der Waals surface area contributed by atoms with Crippen LogP contribution in [0.2, 0.25) is 0 Å². The minimum atomic E-state index is -1.24. The SMILES string of the molecule is NOCC1=C(C(=O)O)N2C(=O)[C@@H](NC(=O)Cn3cnnn3)[C@H]2SC1. The van der Waals surface area contributed by atoms with Gasteiger partial charge in [0.2, 0.25) is 5.91 Å². The van der Waals surface area contributed by atoms with E-state index >= 15 is 0 Å². The van der Waals surface area contributed by atoms with Crippen LogP contribution in [0.3, 0.4) is 0 Å². The van der Waals surface area contributed by atoms with Gasteiger partial charge in [-0.3, -0.25) is 14.5 Å². The van der Waals surface area contributed by atoms with Crippen molar-refractivity contribution in [2.75, 3.05) is 12.4 Å². The second-order valence-corrected chi connectivity index (χ2v) is 6.14. The van der Waals surface area contributed by atoms with Crippen LogP contribution in [0.1, 0.15) is 0 Å². The molecule has 1 saturated heterocycles. The van der Waals surface area contributed by atoms with Crippen LogP contribution < -0.4 is 11.2 Å². The van der Waals surface area contributed by atoms with Gasteiger partial charge in [-0.25, -0.2) is 15.4 Å². The maximum Gasteiger partial charge on any atom is 0.352 e. The van der Waals surface area contributed by atoms with E-state index in [0.29, 0.717) is 11.3 Å². The summed E-state index contributed by atoms with van der Waals surface area (Å²) in [6, 6.07) is -0.798. The Kier molecular flexibility index (Phi) is 4.46. The third-order valence-electron chi connectivity index (χ3n) is 3.52. The summed E-state index contributed by atoms with van der Waals surface area (Å²) in [6.45, 7) is -0.219. The Morgan fingerprint density at radius 3 is 2.96 bits per heavy atom. The van der Waals surface area contributed by atoms with E-state index in [1.54, 1.807) is 0 Å². The summed E-state index contributed by atoms with van der Waals surface area (Å²) >= 11 is 1.33. The molecule has 13 heteroatoms. The van der Waals surface area contributed by atoms with Gasteiger partial charge >= 0.3 is 5.97 Å². The first kappa shape index (κ1) is 16.4. The molecule has 0 saturated carbocycles. The Labute approximate surface area is 138 Å². The minimum absolute atomic E-state index is 0.0819. The lowest BCUT2D eigenvalue weighted by Crippen LogP contribution is -2.70.